The maximum atomic E-state index is 12.3. The third-order valence-electron chi connectivity index (χ3n) is 2.56. The van der Waals surface area contributed by atoms with Crippen molar-refractivity contribution in [2.45, 2.75) is 25.1 Å². The number of piperidine rings is 1. The van der Waals surface area contributed by atoms with Gasteiger partial charge in [-0.2, -0.15) is 18.2 Å². The lowest BCUT2D eigenvalue weighted by atomic mass is 10.1. The maximum absolute atomic E-state index is 12.3. The topological polar surface area (TPSA) is 70.8 Å². The molecule has 0 atom stereocenters. The van der Waals surface area contributed by atoms with Crippen LogP contribution in [0, 0.1) is 0 Å². The molecular weight excluding hydrogens is 223 g/mol. The van der Waals surface area contributed by atoms with Crippen molar-refractivity contribution in [3.8, 4) is 0 Å². The molecule has 2 rings (SSSR count). The Hall–Kier alpha value is -1.31. The highest BCUT2D eigenvalue weighted by molar-refractivity contribution is 5.29. The van der Waals surface area contributed by atoms with Crippen molar-refractivity contribution in [1.29, 1.82) is 0 Å². The Balaban J connectivity index is 2.08. The summed E-state index contributed by atoms with van der Waals surface area (Å²) in [4.78, 5) is 5.13. The number of hydrogen-bond donors (Lipinski definition) is 2. The smallest absolute Gasteiger partial charge is 0.339 e. The second kappa shape index (κ2) is 3.93. The molecule has 0 aliphatic carbocycles. The lowest BCUT2D eigenvalue weighted by Gasteiger charge is -2.28. The highest BCUT2D eigenvalue weighted by Gasteiger charge is 2.36. The molecule has 0 radical (unpaired) electrons. The predicted molar refractivity (Wildman–Crippen MR) is 50.8 cm³/mol. The average Bonchev–Trinajstić information content (AvgIpc) is 2.67. The van der Waals surface area contributed by atoms with Gasteiger partial charge in [-0.3, -0.25) is 5.10 Å². The van der Waals surface area contributed by atoms with Crippen molar-refractivity contribution in [3.63, 3.8) is 0 Å². The van der Waals surface area contributed by atoms with Crippen LogP contribution in [0.5, 0.6) is 0 Å². The number of anilines is 1. The first-order chi connectivity index (χ1) is 7.47. The fourth-order valence-electron chi connectivity index (χ4n) is 1.62. The molecule has 5 nitrogen and oxygen atoms in total. The Morgan fingerprint density at radius 3 is 2.44 bits per heavy atom. The summed E-state index contributed by atoms with van der Waals surface area (Å²) in [6.07, 6.45) is -2.98. The molecule has 1 aromatic rings. The van der Waals surface area contributed by atoms with Gasteiger partial charge in [-0.1, -0.05) is 0 Å². The van der Waals surface area contributed by atoms with Crippen LogP contribution in [-0.2, 0) is 6.18 Å². The molecule has 3 N–H and O–H groups in total. The maximum Gasteiger partial charge on any atom is 0.451 e. The third-order valence-corrected chi connectivity index (χ3v) is 2.56. The Morgan fingerprint density at radius 2 is 1.94 bits per heavy atom. The van der Waals surface area contributed by atoms with Crippen LogP contribution in [-0.4, -0.2) is 34.3 Å². The SMILES string of the molecule is NC1CCN(c2n[nH]c(C(F)(F)F)n2)CC1. The first-order valence-electron chi connectivity index (χ1n) is 4.97. The van der Waals surface area contributed by atoms with Gasteiger partial charge in [0.2, 0.25) is 11.8 Å². The lowest BCUT2D eigenvalue weighted by Crippen LogP contribution is -2.40. The van der Waals surface area contributed by atoms with Crippen molar-refractivity contribution >= 4 is 5.95 Å². The fraction of sp³-hybridized carbons (Fsp3) is 0.750. The molecule has 0 spiro atoms. The minimum Gasteiger partial charge on any atom is -0.339 e. The minimum atomic E-state index is -4.47. The Kier molecular flexibility index (Phi) is 2.75. The van der Waals surface area contributed by atoms with Crippen molar-refractivity contribution in [3.05, 3.63) is 5.82 Å². The molecule has 1 aliphatic rings. The summed E-state index contributed by atoms with van der Waals surface area (Å²) < 4.78 is 36.8. The molecule has 0 amide bonds. The molecular formula is C8H12F3N5. The van der Waals surface area contributed by atoms with Crippen molar-refractivity contribution in [2.24, 2.45) is 5.73 Å². The molecule has 0 unspecified atom stereocenters. The minimum absolute atomic E-state index is 0.0965. The summed E-state index contributed by atoms with van der Waals surface area (Å²) in [5.41, 5.74) is 5.69. The zero-order valence-electron chi connectivity index (χ0n) is 8.46. The van der Waals surface area contributed by atoms with E-state index in [1.54, 1.807) is 4.90 Å². The van der Waals surface area contributed by atoms with Gasteiger partial charge >= 0.3 is 6.18 Å². The summed E-state index contributed by atoms with van der Waals surface area (Å²) in [6, 6.07) is 0.122. The lowest BCUT2D eigenvalue weighted by molar-refractivity contribution is -0.144. The van der Waals surface area contributed by atoms with E-state index in [4.69, 9.17) is 5.73 Å². The third kappa shape index (κ3) is 2.26. The quantitative estimate of drug-likeness (QED) is 0.753. The first-order valence-corrected chi connectivity index (χ1v) is 4.97. The average molecular weight is 235 g/mol. The first kappa shape index (κ1) is 11.2. The number of H-pyrrole nitrogens is 1. The number of alkyl halides is 3. The summed E-state index contributed by atoms with van der Waals surface area (Å²) >= 11 is 0. The van der Waals surface area contributed by atoms with E-state index in [0.29, 0.717) is 13.1 Å². The molecule has 0 aromatic carbocycles. The van der Waals surface area contributed by atoms with Crippen LogP contribution < -0.4 is 10.6 Å². The molecule has 0 bridgehead atoms. The second-order valence-corrected chi connectivity index (χ2v) is 3.81. The van der Waals surface area contributed by atoms with Gasteiger partial charge in [0.1, 0.15) is 0 Å². The van der Waals surface area contributed by atoms with Gasteiger partial charge in [-0.15, -0.1) is 5.10 Å². The zero-order chi connectivity index (χ0) is 11.8. The number of nitrogens with two attached hydrogens (primary N) is 1. The Morgan fingerprint density at radius 1 is 1.31 bits per heavy atom. The Bertz CT molecular complexity index is 353. The van der Waals surface area contributed by atoms with Crippen LogP contribution in [0.1, 0.15) is 18.7 Å². The highest BCUT2D eigenvalue weighted by atomic mass is 19.4. The van der Waals surface area contributed by atoms with Crippen LogP contribution in [0.4, 0.5) is 19.1 Å². The molecule has 1 saturated heterocycles. The fourth-order valence-corrected chi connectivity index (χ4v) is 1.62. The molecule has 8 heteroatoms. The van der Waals surface area contributed by atoms with E-state index in [0.717, 1.165) is 12.8 Å². The van der Waals surface area contributed by atoms with Gasteiger partial charge < -0.3 is 10.6 Å². The number of nitrogens with one attached hydrogen (secondary N) is 1. The summed E-state index contributed by atoms with van der Waals surface area (Å²) in [5, 5.41) is 5.46. The standard InChI is InChI=1S/C8H12F3N5/c9-8(10,11)6-13-7(15-14-6)16-3-1-5(12)2-4-16/h5H,1-4,12H2,(H,13,14,15). The van der Waals surface area contributed by atoms with Gasteiger partial charge in [-0.05, 0) is 12.8 Å². The van der Waals surface area contributed by atoms with Gasteiger partial charge in [0.15, 0.2) is 0 Å². The van der Waals surface area contributed by atoms with E-state index in [2.05, 4.69) is 10.1 Å². The predicted octanol–water partition coefficient (Wildman–Crippen LogP) is 0.751. The van der Waals surface area contributed by atoms with E-state index in [1.165, 1.54) is 0 Å². The second-order valence-electron chi connectivity index (χ2n) is 3.81. The van der Waals surface area contributed by atoms with Crippen LogP contribution >= 0.6 is 0 Å². The van der Waals surface area contributed by atoms with E-state index < -0.39 is 12.0 Å². The number of hydrogen-bond acceptors (Lipinski definition) is 4. The van der Waals surface area contributed by atoms with E-state index in [9.17, 15) is 13.2 Å². The number of rotatable bonds is 1. The van der Waals surface area contributed by atoms with Crippen molar-refractivity contribution < 1.29 is 13.2 Å². The molecule has 0 saturated carbocycles. The largest absolute Gasteiger partial charge is 0.451 e. The van der Waals surface area contributed by atoms with Crippen LogP contribution in [0.3, 0.4) is 0 Å². The normalized spacial score (nSPS) is 19.1. The van der Waals surface area contributed by atoms with Gasteiger partial charge in [0.05, 0.1) is 0 Å². The monoisotopic (exact) mass is 235 g/mol. The van der Waals surface area contributed by atoms with E-state index in [-0.39, 0.29) is 12.0 Å². The number of aromatic amines is 1. The van der Waals surface area contributed by atoms with Gasteiger partial charge in [0.25, 0.3) is 0 Å². The number of halogens is 3. The van der Waals surface area contributed by atoms with E-state index in [1.807, 2.05) is 5.10 Å². The highest BCUT2D eigenvalue weighted by Crippen LogP contribution is 2.27. The van der Waals surface area contributed by atoms with Crippen molar-refractivity contribution in [1.82, 2.24) is 15.2 Å². The summed E-state index contributed by atoms with van der Waals surface area (Å²) in [5.74, 6) is -0.961. The van der Waals surface area contributed by atoms with Crippen LogP contribution in [0.25, 0.3) is 0 Å². The Labute approximate surface area is 89.8 Å². The number of aromatic nitrogens is 3. The van der Waals surface area contributed by atoms with Crippen LogP contribution in [0.15, 0.2) is 0 Å². The van der Waals surface area contributed by atoms with Gasteiger partial charge in [0, 0.05) is 19.1 Å². The molecule has 1 aromatic heterocycles. The molecule has 1 fully saturated rings. The number of nitrogens with zero attached hydrogens (tertiary/aromatic N) is 3. The molecule has 16 heavy (non-hydrogen) atoms. The zero-order valence-corrected chi connectivity index (χ0v) is 8.46. The molecule has 1 aliphatic heterocycles. The van der Waals surface area contributed by atoms with Gasteiger partial charge in [-0.25, -0.2) is 0 Å². The van der Waals surface area contributed by atoms with Crippen molar-refractivity contribution in [2.75, 3.05) is 18.0 Å². The molecule has 90 valence electrons. The van der Waals surface area contributed by atoms with E-state index >= 15 is 0 Å². The molecule has 2 heterocycles. The van der Waals surface area contributed by atoms with Crippen LogP contribution in [0.2, 0.25) is 0 Å². The summed E-state index contributed by atoms with van der Waals surface area (Å²) in [7, 11) is 0. The summed E-state index contributed by atoms with van der Waals surface area (Å²) in [6.45, 7) is 1.19.